The number of benzene rings is 1. The second kappa shape index (κ2) is 6.42. The van der Waals surface area contributed by atoms with E-state index in [0.29, 0.717) is 12.5 Å². The molecule has 1 fully saturated rings. The highest BCUT2D eigenvalue weighted by Crippen LogP contribution is 2.38. The number of hydrogen-bond donors (Lipinski definition) is 1. The smallest absolute Gasteiger partial charge is 0.212 e. The maximum atomic E-state index is 10.8. The first-order valence-corrected chi connectivity index (χ1v) is 8.45. The van der Waals surface area contributed by atoms with E-state index >= 15 is 0 Å². The molecule has 0 bridgehead atoms. The summed E-state index contributed by atoms with van der Waals surface area (Å²) in [7, 11) is 1.60. The Bertz CT molecular complexity index is 711. The highest BCUT2D eigenvalue weighted by Gasteiger charge is 2.34. The van der Waals surface area contributed by atoms with Gasteiger partial charge in [0.1, 0.15) is 18.5 Å². The molecule has 5 nitrogen and oxygen atoms in total. The quantitative estimate of drug-likeness (QED) is 0.940. The lowest BCUT2D eigenvalue weighted by molar-refractivity contribution is 0.0140. The van der Waals surface area contributed by atoms with Crippen LogP contribution < -0.4 is 9.47 Å². The minimum atomic E-state index is -0.491. The number of aliphatic hydroxyl groups is 1. The molecule has 4 rings (SSSR count). The van der Waals surface area contributed by atoms with Crippen LogP contribution in [0, 0.1) is 0 Å². The molecule has 0 spiro atoms. The topological polar surface area (TPSA) is 54.8 Å². The molecule has 1 aromatic heterocycles. The van der Waals surface area contributed by atoms with E-state index in [0.717, 1.165) is 35.5 Å². The predicted octanol–water partition coefficient (Wildman–Crippen LogP) is 2.65. The number of ether oxygens (including phenoxy) is 2. The van der Waals surface area contributed by atoms with Crippen molar-refractivity contribution < 1.29 is 14.6 Å². The van der Waals surface area contributed by atoms with Crippen molar-refractivity contribution in [3.63, 3.8) is 0 Å². The van der Waals surface area contributed by atoms with Gasteiger partial charge in [-0.2, -0.15) is 0 Å². The number of aromatic nitrogens is 1. The average Bonchev–Trinajstić information content (AvgIpc) is 3.16. The summed E-state index contributed by atoms with van der Waals surface area (Å²) in [6.45, 7) is 2.64. The molecule has 5 heteroatoms. The minimum absolute atomic E-state index is 0.0634. The number of rotatable bonds is 3. The van der Waals surface area contributed by atoms with Gasteiger partial charge in [-0.25, -0.2) is 4.98 Å². The average molecular weight is 326 g/mol. The molecular weight excluding hydrogens is 304 g/mol. The van der Waals surface area contributed by atoms with Gasteiger partial charge in [0.25, 0.3) is 0 Å². The standard InChI is InChI=1S/C19H22N2O3/c1-23-18-7-5-14(11-20-18)13-4-6-15-17(10-13)24-12-16(19(15)22)21-8-2-3-9-21/h4-7,10-11,16,19,22H,2-3,8-9,12H2,1H3/t16-,19-/m1/s1. The zero-order valence-corrected chi connectivity index (χ0v) is 13.8. The summed E-state index contributed by atoms with van der Waals surface area (Å²) in [6.07, 6.45) is 3.71. The van der Waals surface area contributed by atoms with E-state index in [1.54, 1.807) is 13.3 Å². The van der Waals surface area contributed by atoms with E-state index in [4.69, 9.17) is 9.47 Å². The third-order valence-corrected chi connectivity index (χ3v) is 4.99. The van der Waals surface area contributed by atoms with Crippen molar-refractivity contribution in [2.75, 3.05) is 26.8 Å². The molecule has 1 saturated heterocycles. The summed E-state index contributed by atoms with van der Waals surface area (Å²) in [5.74, 6) is 1.36. The normalized spacial score (nSPS) is 23.6. The fraction of sp³-hybridized carbons (Fsp3) is 0.421. The van der Waals surface area contributed by atoms with Crippen LogP contribution in [0.5, 0.6) is 11.6 Å². The van der Waals surface area contributed by atoms with E-state index in [2.05, 4.69) is 9.88 Å². The predicted molar refractivity (Wildman–Crippen MR) is 91.3 cm³/mol. The summed E-state index contributed by atoms with van der Waals surface area (Å²) >= 11 is 0. The Morgan fingerprint density at radius 2 is 1.96 bits per heavy atom. The fourth-order valence-corrected chi connectivity index (χ4v) is 3.61. The number of nitrogens with zero attached hydrogens (tertiary/aromatic N) is 2. The van der Waals surface area contributed by atoms with Crippen LogP contribution >= 0.6 is 0 Å². The fourth-order valence-electron chi connectivity index (χ4n) is 3.61. The van der Waals surface area contributed by atoms with Crippen molar-refractivity contribution in [3.8, 4) is 22.8 Å². The molecule has 0 amide bonds. The summed E-state index contributed by atoms with van der Waals surface area (Å²) in [6, 6.07) is 9.85. The Morgan fingerprint density at radius 1 is 1.17 bits per heavy atom. The number of likely N-dealkylation sites (tertiary alicyclic amines) is 1. The second-order valence-corrected chi connectivity index (χ2v) is 6.41. The molecule has 2 atom stereocenters. The highest BCUT2D eigenvalue weighted by molar-refractivity contribution is 5.66. The van der Waals surface area contributed by atoms with Gasteiger partial charge in [-0.05, 0) is 43.6 Å². The maximum absolute atomic E-state index is 10.8. The maximum Gasteiger partial charge on any atom is 0.212 e. The first-order valence-electron chi connectivity index (χ1n) is 8.45. The van der Waals surface area contributed by atoms with Crippen molar-refractivity contribution in [1.82, 2.24) is 9.88 Å². The van der Waals surface area contributed by atoms with Gasteiger partial charge in [-0.3, -0.25) is 4.90 Å². The van der Waals surface area contributed by atoms with Crippen molar-refractivity contribution in [2.24, 2.45) is 0 Å². The van der Waals surface area contributed by atoms with Crippen molar-refractivity contribution in [3.05, 3.63) is 42.1 Å². The van der Waals surface area contributed by atoms with Crippen LogP contribution in [0.2, 0.25) is 0 Å². The van der Waals surface area contributed by atoms with Crippen molar-refractivity contribution in [2.45, 2.75) is 25.0 Å². The van der Waals surface area contributed by atoms with Crippen LogP contribution in [0.3, 0.4) is 0 Å². The summed E-state index contributed by atoms with van der Waals surface area (Å²) in [4.78, 5) is 6.59. The molecule has 1 aromatic carbocycles. The first kappa shape index (κ1) is 15.4. The van der Waals surface area contributed by atoms with Crippen molar-refractivity contribution in [1.29, 1.82) is 0 Å². The Kier molecular flexibility index (Phi) is 4.12. The van der Waals surface area contributed by atoms with Gasteiger partial charge in [-0.1, -0.05) is 12.1 Å². The molecule has 0 radical (unpaired) electrons. The molecule has 24 heavy (non-hydrogen) atoms. The third kappa shape index (κ3) is 2.74. The van der Waals surface area contributed by atoms with Crippen LogP contribution in [-0.4, -0.2) is 47.8 Å². The summed E-state index contributed by atoms with van der Waals surface area (Å²) in [5, 5.41) is 10.8. The molecule has 2 aliphatic rings. The largest absolute Gasteiger partial charge is 0.491 e. The Morgan fingerprint density at radius 3 is 2.67 bits per heavy atom. The zero-order chi connectivity index (χ0) is 16.5. The summed E-state index contributed by atoms with van der Waals surface area (Å²) in [5.41, 5.74) is 2.90. The van der Waals surface area contributed by atoms with Gasteiger partial charge in [0.05, 0.1) is 13.2 Å². The van der Waals surface area contributed by atoms with Crippen LogP contribution in [0.1, 0.15) is 24.5 Å². The monoisotopic (exact) mass is 326 g/mol. The Balaban J connectivity index is 1.59. The number of fused-ring (bicyclic) bond motifs is 1. The molecular formula is C19H22N2O3. The van der Waals surface area contributed by atoms with Crippen LogP contribution in [0.25, 0.3) is 11.1 Å². The van der Waals surface area contributed by atoms with Crippen LogP contribution in [0.15, 0.2) is 36.5 Å². The highest BCUT2D eigenvalue weighted by atomic mass is 16.5. The van der Waals surface area contributed by atoms with Gasteiger partial charge >= 0.3 is 0 Å². The molecule has 3 heterocycles. The lowest BCUT2D eigenvalue weighted by Crippen LogP contribution is -2.44. The van der Waals surface area contributed by atoms with E-state index in [-0.39, 0.29) is 6.04 Å². The number of methoxy groups -OCH3 is 1. The van der Waals surface area contributed by atoms with Gasteiger partial charge in [0.2, 0.25) is 5.88 Å². The molecule has 1 N–H and O–H groups in total. The minimum Gasteiger partial charge on any atom is -0.491 e. The van der Waals surface area contributed by atoms with Crippen LogP contribution in [-0.2, 0) is 0 Å². The second-order valence-electron chi connectivity index (χ2n) is 6.41. The number of hydrogen-bond acceptors (Lipinski definition) is 5. The molecule has 2 aromatic rings. The molecule has 0 aliphatic carbocycles. The molecule has 0 saturated carbocycles. The summed E-state index contributed by atoms with van der Waals surface area (Å²) < 4.78 is 11.1. The van der Waals surface area contributed by atoms with Crippen LogP contribution in [0.4, 0.5) is 0 Å². The SMILES string of the molecule is COc1ccc(-c2ccc3c(c2)OC[C@@H](N2CCCC2)[C@@H]3O)cn1. The Labute approximate surface area is 141 Å². The molecule has 2 aliphatic heterocycles. The van der Waals surface area contributed by atoms with E-state index in [1.807, 2.05) is 30.3 Å². The van der Waals surface area contributed by atoms with E-state index in [9.17, 15) is 5.11 Å². The Hall–Kier alpha value is -2.11. The third-order valence-electron chi connectivity index (χ3n) is 4.99. The number of aliphatic hydroxyl groups excluding tert-OH is 1. The first-order chi connectivity index (χ1) is 11.8. The molecule has 0 unspecified atom stereocenters. The number of pyridine rings is 1. The zero-order valence-electron chi connectivity index (χ0n) is 13.8. The van der Waals surface area contributed by atoms with E-state index < -0.39 is 6.10 Å². The van der Waals surface area contributed by atoms with Gasteiger partial charge in [-0.15, -0.1) is 0 Å². The van der Waals surface area contributed by atoms with E-state index in [1.165, 1.54) is 12.8 Å². The lowest BCUT2D eigenvalue weighted by atomic mass is 9.95. The van der Waals surface area contributed by atoms with Gasteiger partial charge in [0.15, 0.2) is 0 Å². The molecule has 126 valence electrons. The lowest BCUT2D eigenvalue weighted by Gasteiger charge is -2.36. The van der Waals surface area contributed by atoms with Gasteiger partial charge < -0.3 is 14.6 Å². The van der Waals surface area contributed by atoms with Gasteiger partial charge in [0, 0.05) is 23.4 Å². The van der Waals surface area contributed by atoms with Crippen molar-refractivity contribution >= 4 is 0 Å².